The van der Waals surface area contributed by atoms with Crippen LogP contribution >= 0.6 is 0 Å². The lowest BCUT2D eigenvalue weighted by Gasteiger charge is -2.57. The van der Waals surface area contributed by atoms with Gasteiger partial charge in [0.05, 0.1) is 0 Å². The van der Waals surface area contributed by atoms with Gasteiger partial charge >= 0.3 is 0 Å². The van der Waals surface area contributed by atoms with E-state index in [-0.39, 0.29) is 5.91 Å². The van der Waals surface area contributed by atoms with Gasteiger partial charge in [0.15, 0.2) is 0 Å². The quantitative estimate of drug-likeness (QED) is 0.705. The van der Waals surface area contributed by atoms with E-state index in [0.29, 0.717) is 30.3 Å². The van der Waals surface area contributed by atoms with Gasteiger partial charge in [-0.15, -0.1) is 0 Å². The third-order valence-electron chi connectivity index (χ3n) is 5.96. The number of hydrogen-bond donors (Lipinski definition) is 1. The maximum atomic E-state index is 12.2. The van der Waals surface area contributed by atoms with Crippen molar-refractivity contribution in [3.63, 3.8) is 0 Å². The van der Waals surface area contributed by atoms with Gasteiger partial charge < -0.3 is 10.0 Å². The lowest BCUT2D eigenvalue weighted by molar-refractivity contribution is -0.160. The summed E-state index contributed by atoms with van der Waals surface area (Å²) < 4.78 is 0. The van der Waals surface area contributed by atoms with Crippen LogP contribution in [0.15, 0.2) is 0 Å². The molecule has 4 fully saturated rings. The standard InChI is InChI=1S/C15H24N2O2/c18-14-5-4-13-10-7-11(9-17(13)15(14)19)12-3-1-2-6-16(12)8-10/h10-14,18H,1-9H2/t10-,11-,12-,13+,14-/m0/s1. The molecule has 5 atom stereocenters. The predicted octanol–water partition coefficient (Wildman–Crippen LogP) is 0.843. The van der Waals surface area contributed by atoms with Crippen molar-refractivity contribution in [2.24, 2.45) is 11.8 Å². The van der Waals surface area contributed by atoms with Crippen molar-refractivity contribution in [2.45, 2.75) is 56.7 Å². The minimum absolute atomic E-state index is 0.00945. The van der Waals surface area contributed by atoms with E-state index in [9.17, 15) is 9.90 Å². The lowest BCUT2D eigenvalue weighted by Crippen LogP contribution is -2.66. The van der Waals surface area contributed by atoms with Crippen molar-refractivity contribution in [1.82, 2.24) is 9.80 Å². The molecule has 0 aliphatic carbocycles. The Morgan fingerprint density at radius 3 is 2.74 bits per heavy atom. The van der Waals surface area contributed by atoms with Crippen LogP contribution in [0, 0.1) is 11.8 Å². The zero-order chi connectivity index (χ0) is 13.0. The first-order valence-electron chi connectivity index (χ1n) is 7.96. The lowest BCUT2D eigenvalue weighted by atomic mass is 9.70. The molecule has 0 spiro atoms. The van der Waals surface area contributed by atoms with Gasteiger partial charge in [-0.2, -0.15) is 0 Å². The largest absolute Gasteiger partial charge is 0.383 e. The fraction of sp³-hybridized carbons (Fsp3) is 0.933. The first kappa shape index (κ1) is 12.2. The summed E-state index contributed by atoms with van der Waals surface area (Å²) in [6.45, 7) is 3.35. The molecule has 1 amide bonds. The molecule has 4 aliphatic heterocycles. The molecule has 4 saturated heterocycles. The van der Waals surface area contributed by atoms with E-state index in [2.05, 4.69) is 4.90 Å². The highest BCUT2D eigenvalue weighted by molar-refractivity contribution is 5.82. The summed E-state index contributed by atoms with van der Waals surface area (Å²) in [5.41, 5.74) is 0. The second-order valence-electron chi connectivity index (χ2n) is 6.97. The monoisotopic (exact) mass is 264 g/mol. The zero-order valence-corrected chi connectivity index (χ0v) is 11.5. The number of nitrogens with zero attached hydrogens (tertiary/aromatic N) is 2. The SMILES string of the molecule is O=C1[C@@H](O)CC[C@@H]2[C@H]3C[C@@H](CN12)[C@@H]1CCCCN1C3. The van der Waals surface area contributed by atoms with Crippen LogP contribution in [-0.4, -0.2) is 58.6 Å². The topological polar surface area (TPSA) is 43.8 Å². The molecule has 0 aromatic rings. The van der Waals surface area contributed by atoms with Crippen molar-refractivity contribution >= 4 is 5.91 Å². The molecule has 4 aliphatic rings. The van der Waals surface area contributed by atoms with Crippen LogP contribution in [0.5, 0.6) is 0 Å². The average Bonchev–Trinajstić information content (AvgIpc) is 2.44. The Bertz CT molecular complexity index is 386. The van der Waals surface area contributed by atoms with E-state index in [1.54, 1.807) is 0 Å². The molecule has 19 heavy (non-hydrogen) atoms. The molecular weight excluding hydrogens is 240 g/mol. The molecule has 4 rings (SSSR count). The molecule has 1 N–H and O–H groups in total. The van der Waals surface area contributed by atoms with Crippen molar-refractivity contribution in [3.05, 3.63) is 0 Å². The normalized spacial score (nSPS) is 46.7. The fourth-order valence-electron chi connectivity index (χ4n) is 5.10. The molecule has 0 radical (unpaired) electrons. The fourth-order valence-corrected chi connectivity index (χ4v) is 5.10. The van der Waals surface area contributed by atoms with Crippen molar-refractivity contribution in [2.75, 3.05) is 19.6 Å². The minimum Gasteiger partial charge on any atom is -0.383 e. The van der Waals surface area contributed by atoms with Crippen molar-refractivity contribution < 1.29 is 9.90 Å². The number of carbonyl (C=O) groups is 1. The van der Waals surface area contributed by atoms with Crippen LogP contribution in [0.2, 0.25) is 0 Å². The Kier molecular flexibility index (Phi) is 2.85. The van der Waals surface area contributed by atoms with Crippen LogP contribution in [0.25, 0.3) is 0 Å². The Balaban J connectivity index is 1.59. The van der Waals surface area contributed by atoms with E-state index in [0.717, 1.165) is 13.0 Å². The Labute approximate surface area is 114 Å². The van der Waals surface area contributed by atoms with Gasteiger partial charge in [-0.1, -0.05) is 6.42 Å². The van der Waals surface area contributed by atoms with Crippen LogP contribution in [0.1, 0.15) is 38.5 Å². The molecule has 0 aromatic heterocycles. The second kappa shape index (κ2) is 4.45. The molecule has 4 nitrogen and oxygen atoms in total. The van der Waals surface area contributed by atoms with Crippen LogP contribution in [0.4, 0.5) is 0 Å². The van der Waals surface area contributed by atoms with E-state index in [1.165, 1.54) is 38.8 Å². The van der Waals surface area contributed by atoms with Crippen LogP contribution < -0.4 is 0 Å². The number of piperidine rings is 4. The minimum atomic E-state index is -0.725. The summed E-state index contributed by atoms with van der Waals surface area (Å²) in [6.07, 6.45) is 6.27. The van der Waals surface area contributed by atoms with Gasteiger partial charge in [0, 0.05) is 25.2 Å². The number of carbonyl (C=O) groups excluding carboxylic acids is 1. The van der Waals surface area contributed by atoms with E-state index in [4.69, 9.17) is 0 Å². The number of amides is 1. The third kappa shape index (κ3) is 1.83. The van der Waals surface area contributed by atoms with Gasteiger partial charge in [0.25, 0.3) is 5.91 Å². The highest BCUT2D eigenvalue weighted by Gasteiger charge is 2.49. The molecule has 106 valence electrons. The summed E-state index contributed by atoms with van der Waals surface area (Å²) in [5.74, 6) is 1.32. The number of aliphatic hydroxyl groups is 1. The molecule has 0 aromatic carbocycles. The first-order valence-corrected chi connectivity index (χ1v) is 7.96. The number of rotatable bonds is 0. The maximum absolute atomic E-state index is 12.2. The summed E-state index contributed by atoms with van der Waals surface area (Å²) in [6, 6.07) is 1.12. The Morgan fingerprint density at radius 2 is 1.84 bits per heavy atom. The summed E-state index contributed by atoms with van der Waals surface area (Å²) in [7, 11) is 0. The van der Waals surface area contributed by atoms with Crippen molar-refractivity contribution in [1.29, 1.82) is 0 Å². The van der Waals surface area contributed by atoms with Crippen LogP contribution in [-0.2, 0) is 4.79 Å². The second-order valence-corrected chi connectivity index (χ2v) is 6.97. The summed E-state index contributed by atoms with van der Waals surface area (Å²) in [4.78, 5) is 17.0. The molecule has 4 heteroatoms. The van der Waals surface area contributed by atoms with E-state index >= 15 is 0 Å². The molecule has 2 bridgehead atoms. The Morgan fingerprint density at radius 1 is 1.00 bits per heavy atom. The highest BCUT2D eigenvalue weighted by Crippen LogP contribution is 2.42. The predicted molar refractivity (Wildman–Crippen MR) is 71.6 cm³/mol. The van der Waals surface area contributed by atoms with Gasteiger partial charge in [-0.3, -0.25) is 9.69 Å². The van der Waals surface area contributed by atoms with Gasteiger partial charge in [0.2, 0.25) is 0 Å². The zero-order valence-electron chi connectivity index (χ0n) is 11.5. The molecule has 4 heterocycles. The third-order valence-corrected chi connectivity index (χ3v) is 5.96. The van der Waals surface area contributed by atoms with Gasteiger partial charge in [0.1, 0.15) is 6.10 Å². The van der Waals surface area contributed by atoms with E-state index < -0.39 is 6.10 Å². The smallest absolute Gasteiger partial charge is 0.251 e. The number of hydrogen-bond acceptors (Lipinski definition) is 3. The molecule has 0 unspecified atom stereocenters. The maximum Gasteiger partial charge on any atom is 0.251 e. The Hall–Kier alpha value is -0.610. The van der Waals surface area contributed by atoms with E-state index in [1.807, 2.05) is 4.90 Å². The van der Waals surface area contributed by atoms with Gasteiger partial charge in [-0.05, 0) is 50.5 Å². The average molecular weight is 264 g/mol. The van der Waals surface area contributed by atoms with Crippen LogP contribution in [0.3, 0.4) is 0 Å². The molecule has 0 saturated carbocycles. The number of aliphatic hydroxyl groups excluding tert-OH is 1. The first-order chi connectivity index (χ1) is 9.24. The molecular formula is C15H24N2O2. The van der Waals surface area contributed by atoms with Crippen molar-refractivity contribution in [3.8, 4) is 0 Å². The summed E-state index contributed by atoms with van der Waals surface area (Å²) >= 11 is 0. The highest BCUT2D eigenvalue weighted by atomic mass is 16.3. The van der Waals surface area contributed by atoms with Gasteiger partial charge in [-0.25, -0.2) is 0 Å². The summed E-state index contributed by atoms with van der Waals surface area (Å²) in [5, 5.41) is 9.81. The number of fused-ring (bicyclic) bond motifs is 6.